The van der Waals surface area contributed by atoms with Crippen LogP contribution in [-0.4, -0.2) is 46.1 Å². The van der Waals surface area contributed by atoms with Crippen molar-refractivity contribution in [1.29, 1.82) is 0 Å². The minimum atomic E-state index is -5.64. The minimum absolute atomic E-state index is 0.00517. The van der Waals surface area contributed by atoms with E-state index in [0.717, 1.165) is 28.3 Å². The zero-order valence-corrected chi connectivity index (χ0v) is 20.9. The third kappa shape index (κ3) is 6.00. The van der Waals surface area contributed by atoms with Crippen molar-refractivity contribution in [3.05, 3.63) is 71.4 Å². The van der Waals surface area contributed by atoms with Crippen LogP contribution >= 0.6 is 11.6 Å². The second-order valence-corrected chi connectivity index (χ2v) is 10.0. The molecule has 0 spiro atoms. The Hall–Kier alpha value is -3.71. The average molecular weight is 552 g/mol. The number of tetrazole rings is 1. The first-order valence-electron chi connectivity index (χ1n) is 11.0. The Kier molecular flexibility index (Phi) is 7.64. The number of rotatable bonds is 9. The Labute approximate surface area is 215 Å². The van der Waals surface area contributed by atoms with Gasteiger partial charge in [-0.3, -0.25) is 4.72 Å². The molecule has 0 saturated carbocycles. The zero-order chi connectivity index (χ0) is 26.6. The van der Waals surface area contributed by atoms with Crippen LogP contribution in [0.4, 0.5) is 24.7 Å². The summed E-state index contributed by atoms with van der Waals surface area (Å²) in [5, 5.41) is 14.0. The number of alkyl halides is 3. The molecule has 2 N–H and O–H groups in total. The van der Waals surface area contributed by atoms with Crippen molar-refractivity contribution in [1.82, 2.24) is 25.6 Å². The second kappa shape index (κ2) is 10.7. The number of nitrogens with zero attached hydrogens (tertiary/aromatic N) is 5. The summed E-state index contributed by atoms with van der Waals surface area (Å²) in [4.78, 5) is 5.80. The average Bonchev–Trinajstić information content (AvgIpc) is 3.40. The van der Waals surface area contributed by atoms with Gasteiger partial charge in [-0.1, -0.05) is 67.1 Å². The van der Waals surface area contributed by atoms with E-state index in [-0.39, 0.29) is 23.2 Å². The Morgan fingerprint density at radius 1 is 1.03 bits per heavy atom. The van der Waals surface area contributed by atoms with E-state index >= 15 is 0 Å². The van der Waals surface area contributed by atoms with Crippen molar-refractivity contribution in [3.63, 3.8) is 0 Å². The van der Waals surface area contributed by atoms with Gasteiger partial charge in [0.1, 0.15) is 5.15 Å². The Morgan fingerprint density at radius 3 is 2.35 bits per heavy atom. The molecule has 0 atom stereocenters. The molecule has 0 radical (unpaired) electrons. The predicted octanol–water partition coefficient (Wildman–Crippen LogP) is 5.26. The van der Waals surface area contributed by atoms with Gasteiger partial charge in [0.05, 0.1) is 5.69 Å². The molecule has 37 heavy (non-hydrogen) atoms. The lowest BCUT2D eigenvalue weighted by molar-refractivity contribution is -0.0429. The molecule has 2 aromatic heterocycles. The first-order chi connectivity index (χ1) is 17.6. The van der Waals surface area contributed by atoms with Crippen molar-refractivity contribution in [2.75, 3.05) is 16.2 Å². The normalized spacial score (nSPS) is 11.9. The van der Waals surface area contributed by atoms with Crippen LogP contribution in [0.25, 0.3) is 22.5 Å². The Balaban J connectivity index is 1.63. The van der Waals surface area contributed by atoms with Crippen LogP contribution in [-0.2, 0) is 16.6 Å². The molecule has 4 rings (SSSR count). The fourth-order valence-corrected chi connectivity index (χ4v) is 4.41. The third-order valence-corrected chi connectivity index (χ3v) is 6.66. The van der Waals surface area contributed by atoms with E-state index in [2.05, 4.69) is 25.6 Å². The molecular formula is C23H21ClF3N7O2S. The van der Waals surface area contributed by atoms with Gasteiger partial charge < -0.3 is 4.90 Å². The van der Waals surface area contributed by atoms with Crippen LogP contribution in [0.5, 0.6) is 0 Å². The summed E-state index contributed by atoms with van der Waals surface area (Å²) in [5.74, 6) is 0.518. The molecule has 0 amide bonds. The van der Waals surface area contributed by atoms with Gasteiger partial charge in [-0.15, -0.1) is 5.10 Å². The van der Waals surface area contributed by atoms with Gasteiger partial charge in [0, 0.05) is 18.7 Å². The number of aromatic amines is 1. The predicted molar refractivity (Wildman–Crippen MR) is 134 cm³/mol. The molecule has 0 unspecified atom stereocenters. The van der Waals surface area contributed by atoms with Gasteiger partial charge >= 0.3 is 15.5 Å². The van der Waals surface area contributed by atoms with Crippen molar-refractivity contribution in [3.8, 4) is 22.5 Å². The number of halogens is 4. The molecule has 0 aliphatic heterocycles. The fraction of sp³-hybridized carbons (Fsp3) is 0.217. The number of pyridine rings is 1. The number of hydrogen-bond acceptors (Lipinski definition) is 7. The molecule has 194 valence electrons. The summed E-state index contributed by atoms with van der Waals surface area (Å²) in [6.07, 6.45) is 0.621. The van der Waals surface area contributed by atoms with Crippen LogP contribution in [0.1, 0.15) is 18.9 Å². The Morgan fingerprint density at radius 2 is 1.73 bits per heavy atom. The SMILES string of the molecule is CCCN(Cc1ccc(-c2ccccc2-c2nnn[nH]2)cc1)c1nc(Cl)ccc1NS(=O)(=O)C(F)(F)F. The first kappa shape index (κ1) is 26.4. The summed E-state index contributed by atoms with van der Waals surface area (Å²) in [5.41, 5.74) is -2.36. The number of benzene rings is 2. The van der Waals surface area contributed by atoms with E-state index in [0.29, 0.717) is 18.8 Å². The van der Waals surface area contributed by atoms with Gasteiger partial charge in [0.25, 0.3) is 0 Å². The molecule has 2 aromatic carbocycles. The van der Waals surface area contributed by atoms with Crippen LogP contribution in [0.2, 0.25) is 5.15 Å². The maximum Gasteiger partial charge on any atom is 0.516 e. The van der Waals surface area contributed by atoms with E-state index in [1.807, 2.05) is 55.5 Å². The summed E-state index contributed by atoms with van der Waals surface area (Å²) in [6, 6.07) is 17.5. The third-order valence-electron chi connectivity index (χ3n) is 5.35. The molecule has 0 aliphatic rings. The number of anilines is 2. The molecule has 0 saturated heterocycles. The Bertz CT molecular complexity index is 1460. The summed E-state index contributed by atoms with van der Waals surface area (Å²) in [7, 11) is -5.64. The van der Waals surface area contributed by atoms with E-state index < -0.39 is 15.5 Å². The van der Waals surface area contributed by atoms with Gasteiger partial charge in [-0.05, 0) is 45.7 Å². The fourth-order valence-electron chi connectivity index (χ4n) is 3.70. The first-order valence-corrected chi connectivity index (χ1v) is 12.9. The summed E-state index contributed by atoms with van der Waals surface area (Å²) >= 11 is 6.02. The second-order valence-electron chi connectivity index (χ2n) is 7.97. The van der Waals surface area contributed by atoms with Crippen LogP contribution in [0.15, 0.2) is 60.7 Å². The molecule has 0 aliphatic carbocycles. The molecule has 0 bridgehead atoms. The number of sulfonamides is 1. The largest absolute Gasteiger partial charge is 0.516 e. The van der Waals surface area contributed by atoms with E-state index in [4.69, 9.17) is 11.6 Å². The zero-order valence-electron chi connectivity index (χ0n) is 19.4. The highest BCUT2D eigenvalue weighted by Gasteiger charge is 2.46. The number of aromatic nitrogens is 5. The summed E-state index contributed by atoms with van der Waals surface area (Å²) < 4.78 is 64.1. The van der Waals surface area contributed by atoms with Crippen molar-refractivity contribution >= 4 is 33.1 Å². The smallest absolute Gasteiger partial charge is 0.351 e. The van der Waals surface area contributed by atoms with Crippen molar-refractivity contribution in [2.45, 2.75) is 25.4 Å². The maximum absolute atomic E-state index is 13.0. The summed E-state index contributed by atoms with van der Waals surface area (Å²) in [6.45, 7) is 2.52. The van der Waals surface area contributed by atoms with Crippen molar-refractivity contribution < 1.29 is 21.6 Å². The molecule has 14 heteroatoms. The van der Waals surface area contributed by atoms with E-state index in [1.54, 1.807) is 9.62 Å². The van der Waals surface area contributed by atoms with Crippen LogP contribution in [0.3, 0.4) is 0 Å². The monoisotopic (exact) mass is 551 g/mol. The number of H-pyrrole nitrogens is 1. The molecule has 2 heterocycles. The lowest BCUT2D eigenvalue weighted by atomic mass is 9.98. The van der Waals surface area contributed by atoms with Crippen molar-refractivity contribution in [2.24, 2.45) is 0 Å². The highest BCUT2D eigenvalue weighted by atomic mass is 35.5. The number of hydrogen-bond donors (Lipinski definition) is 2. The van der Waals surface area contributed by atoms with Gasteiger partial charge in [0.2, 0.25) is 0 Å². The highest BCUT2D eigenvalue weighted by molar-refractivity contribution is 7.93. The lowest BCUT2D eigenvalue weighted by Crippen LogP contribution is -2.32. The molecule has 9 nitrogen and oxygen atoms in total. The quantitative estimate of drug-likeness (QED) is 0.272. The topological polar surface area (TPSA) is 117 Å². The van der Waals surface area contributed by atoms with Gasteiger partial charge in [-0.2, -0.15) is 21.6 Å². The number of nitrogens with one attached hydrogen (secondary N) is 2. The van der Waals surface area contributed by atoms with Crippen LogP contribution < -0.4 is 9.62 Å². The molecule has 4 aromatic rings. The van der Waals surface area contributed by atoms with Gasteiger partial charge in [-0.25, -0.2) is 10.1 Å². The van der Waals surface area contributed by atoms with E-state index in [9.17, 15) is 21.6 Å². The van der Waals surface area contributed by atoms with Crippen LogP contribution in [0, 0.1) is 0 Å². The minimum Gasteiger partial charge on any atom is -0.351 e. The highest BCUT2D eigenvalue weighted by Crippen LogP contribution is 2.33. The van der Waals surface area contributed by atoms with E-state index in [1.165, 1.54) is 6.07 Å². The lowest BCUT2D eigenvalue weighted by Gasteiger charge is -2.26. The molecular weight excluding hydrogens is 531 g/mol. The molecule has 0 fully saturated rings. The standard InChI is InChI=1S/C23H21ClF3N7O2S/c1-2-13-34(22-19(11-12-20(24)28-22)31-37(35,36)23(25,26)27)14-15-7-9-16(10-8-15)17-5-3-4-6-18(17)21-29-32-33-30-21/h3-12,31H,2,13-14H2,1H3,(H,29,30,32,33). The maximum atomic E-state index is 13.0. The van der Waals surface area contributed by atoms with Gasteiger partial charge in [0.15, 0.2) is 11.6 Å².